The van der Waals surface area contributed by atoms with Crippen LogP contribution in [0.4, 0.5) is 13.2 Å². The summed E-state index contributed by atoms with van der Waals surface area (Å²) in [5.74, 6) is 0.162. The fraction of sp³-hybridized carbons (Fsp3) is 0.615. The molecule has 0 amide bonds. The molecule has 1 aliphatic heterocycles. The lowest BCUT2D eigenvalue weighted by Gasteiger charge is -2.30. The van der Waals surface area contributed by atoms with E-state index in [4.69, 9.17) is 0 Å². The first-order valence-corrected chi connectivity index (χ1v) is 6.26. The summed E-state index contributed by atoms with van der Waals surface area (Å²) < 4.78 is 37.8. The topological polar surface area (TPSA) is 16.1 Å². The minimum Gasteiger partial charge on any atom is -0.304 e. The minimum atomic E-state index is -4.28. The molecule has 18 heavy (non-hydrogen) atoms. The second-order valence-electron chi connectivity index (χ2n) is 4.68. The van der Waals surface area contributed by atoms with E-state index in [1.54, 1.807) is 0 Å². The molecule has 0 spiro atoms. The summed E-state index contributed by atoms with van der Waals surface area (Å²) in [4.78, 5) is 6.42. The van der Waals surface area contributed by atoms with Crippen LogP contribution in [0.2, 0.25) is 0 Å². The van der Waals surface area contributed by atoms with E-state index in [-0.39, 0.29) is 5.92 Å². The van der Waals surface area contributed by atoms with Crippen LogP contribution in [0, 0.1) is 0 Å². The van der Waals surface area contributed by atoms with Crippen molar-refractivity contribution in [3.63, 3.8) is 0 Å². The highest BCUT2D eigenvalue weighted by Gasteiger charge is 2.31. The van der Waals surface area contributed by atoms with Gasteiger partial charge in [0, 0.05) is 17.8 Å². The van der Waals surface area contributed by atoms with E-state index >= 15 is 0 Å². The van der Waals surface area contributed by atoms with E-state index in [1.165, 1.54) is 12.3 Å². The average Bonchev–Trinajstić information content (AvgIpc) is 2.38. The molecule has 5 heteroatoms. The molecule has 100 valence electrons. The molecular weight excluding hydrogens is 241 g/mol. The molecule has 2 nitrogen and oxygen atoms in total. The molecule has 0 atom stereocenters. The predicted octanol–water partition coefficient (Wildman–Crippen LogP) is 3.30. The maximum atomic E-state index is 12.6. The molecule has 2 heterocycles. The highest BCUT2D eigenvalue weighted by molar-refractivity contribution is 5.22. The van der Waals surface area contributed by atoms with Crippen molar-refractivity contribution in [1.82, 2.24) is 9.88 Å². The van der Waals surface area contributed by atoms with Gasteiger partial charge in [0.15, 0.2) is 0 Å². The van der Waals surface area contributed by atoms with Gasteiger partial charge in [0.05, 0.1) is 5.56 Å². The van der Waals surface area contributed by atoms with Gasteiger partial charge < -0.3 is 4.90 Å². The summed E-state index contributed by atoms with van der Waals surface area (Å²) in [6.07, 6.45) is -1.23. The average molecular weight is 258 g/mol. The molecule has 2 rings (SSSR count). The number of hydrogen-bond donors (Lipinski definition) is 0. The quantitative estimate of drug-likeness (QED) is 0.809. The van der Waals surface area contributed by atoms with Gasteiger partial charge in [-0.25, -0.2) is 0 Å². The number of halogens is 3. The maximum Gasteiger partial charge on any atom is 0.416 e. The Morgan fingerprint density at radius 3 is 2.56 bits per heavy atom. The summed E-state index contributed by atoms with van der Waals surface area (Å²) in [6.45, 7) is 4.99. The Balaban J connectivity index is 2.10. The lowest BCUT2D eigenvalue weighted by molar-refractivity contribution is -0.137. The summed E-state index contributed by atoms with van der Waals surface area (Å²) >= 11 is 0. The number of hydrogen-bond acceptors (Lipinski definition) is 2. The van der Waals surface area contributed by atoms with Crippen molar-refractivity contribution in [3.8, 4) is 0 Å². The van der Waals surface area contributed by atoms with Crippen LogP contribution in [-0.2, 0) is 6.18 Å². The third kappa shape index (κ3) is 3.02. The molecule has 1 saturated heterocycles. The molecule has 1 aromatic rings. The molecule has 0 aromatic carbocycles. The number of pyridine rings is 1. The summed E-state index contributed by atoms with van der Waals surface area (Å²) in [6, 6.07) is 2.23. The third-order valence-electron chi connectivity index (χ3n) is 3.56. The van der Waals surface area contributed by atoms with Gasteiger partial charge in [0.25, 0.3) is 0 Å². The first kappa shape index (κ1) is 13.3. The monoisotopic (exact) mass is 258 g/mol. The first-order chi connectivity index (χ1) is 8.50. The predicted molar refractivity (Wildman–Crippen MR) is 63.3 cm³/mol. The lowest BCUT2D eigenvalue weighted by atomic mass is 9.92. The van der Waals surface area contributed by atoms with Crippen molar-refractivity contribution in [2.45, 2.75) is 31.9 Å². The van der Waals surface area contributed by atoms with Gasteiger partial charge in [-0.3, -0.25) is 4.98 Å². The van der Waals surface area contributed by atoms with Gasteiger partial charge in [0.1, 0.15) is 0 Å². The molecule has 1 fully saturated rings. The number of piperidine rings is 1. The molecular formula is C13H17F3N2. The summed E-state index contributed by atoms with van der Waals surface area (Å²) in [5, 5.41) is 0. The molecule has 0 unspecified atom stereocenters. The van der Waals surface area contributed by atoms with Crippen LogP contribution in [0.3, 0.4) is 0 Å². The normalized spacial score (nSPS) is 19.1. The van der Waals surface area contributed by atoms with Crippen molar-refractivity contribution in [1.29, 1.82) is 0 Å². The zero-order valence-corrected chi connectivity index (χ0v) is 10.4. The van der Waals surface area contributed by atoms with Crippen LogP contribution in [0.25, 0.3) is 0 Å². The number of rotatable bonds is 2. The van der Waals surface area contributed by atoms with E-state index in [9.17, 15) is 13.2 Å². The number of aromatic nitrogens is 1. The standard InChI is InChI=1S/C13H17F3N2/c1-2-18-7-4-10(5-8-18)12-9-11(3-6-17-12)13(14,15)16/h3,6,9-10H,2,4-5,7-8H2,1H3. The van der Waals surface area contributed by atoms with E-state index in [2.05, 4.69) is 16.8 Å². The van der Waals surface area contributed by atoms with Crippen molar-refractivity contribution in [2.24, 2.45) is 0 Å². The molecule has 0 N–H and O–H groups in total. The van der Waals surface area contributed by atoms with Gasteiger partial charge in [-0.05, 0) is 44.6 Å². The SMILES string of the molecule is CCN1CCC(c2cc(C(F)(F)F)ccn2)CC1. The Bertz CT molecular complexity index is 395. The van der Waals surface area contributed by atoms with E-state index in [0.29, 0.717) is 5.69 Å². The summed E-state index contributed by atoms with van der Waals surface area (Å²) in [7, 11) is 0. The largest absolute Gasteiger partial charge is 0.416 e. The zero-order chi connectivity index (χ0) is 13.2. The van der Waals surface area contributed by atoms with E-state index in [0.717, 1.165) is 38.5 Å². The Kier molecular flexibility index (Phi) is 3.90. The van der Waals surface area contributed by atoms with Crippen molar-refractivity contribution >= 4 is 0 Å². The van der Waals surface area contributed by atoms with Crippen LogP contribution >= 0.6 is 0 Å². The highest BCUT2D eigenvalue weighted by atomic mass is 19.4. The fourth-order valence-corrected chi connectivity index (χ4v) is 2.39. The zero-order valence-electron chi connectivity index (χ0n) is 10.4. The molecule has 0 aliphatic carbocycles. The Morgan fingerprint density at radius 2 is 2.00 bits per heavy atom. The van der Waals surface area contributed by atoms with Crippen LogP contribution < -0.4 is 0 Å². The Labute approximate surface area is 105 Å². The molecule has 0 bridgehead atoms. The van der Waals surface area contributed by atoms with Crippen LogP contribution in [0.15, 0.2) is 18.3 Å². The second-order valence-corrected chi connectivity index (χ2v) is 4.68. The van der Waals surface area contributed by atoms with Gasteiger partial charge in [-0.2, -0.15) is 13.2 Å². The van der Waals surface area contributed by atoms with Crippen LogP contribution in [0.5, 0.6) is 0 Å². The van der Waals surface area contributed by atoms with Crippen LogP contribution in [0.1, 0.15) is 36.9 Å². The Morgan fingerprint density at radius 1 is 1.33 bits per heavy atom. The minimum absolute atomic E-state index is 0.162. The van der Waals surface area contributed by atoms with Crippen LogP contribution in [-0.4, -0.2) is 29.5 Å². The second kappa shape index (κ2) is 5.26. The molecule has 0 saturated carbocycles. The molecule has 1 aromatic heterocycles. The number of alkyl halides is 3. The Hall–Kier alpha value is -1.10. The lowest BCUT2D eigenvalue weighted by Crippen LogP contribution is -2.32. The molecule has 0 radical (unpaired) electrons. The first-order valence-electron chi connectivity index (χ1n) is 6.26. The number of nitrogens with zero attached hydrogens (tertiary/aromatic N) is 2. The van der Waals surface area contributed by atoms with Gasteiger partial charge >= 0.3 is 6.18 Å². The summed E-state index contributed by atoms with van der Waals surface area (Å²) in [5.41, 5.74) is -0.00833. The fourth-order valence-electron chi connectivity index (χ4n) is 2.39. The maximum absolute atomic E-state index is 12.6. The van der Waals surface area contributed by atoms with E-state index in [1.807, 2.05) is 0 Å². The smallest absolute Gasteiger partial charge is 0.304 e. The van der Waals surface area contributed by atoms with Gasteiger partial charge in [-0.1, -0.05) is 6.92 Å². The molecule has 1 aliphatic rings. The number of likely N-dealkylation sites (tertiary alicyclic amines) is 1. The van der Waals surface area contributed by atoms with Gasteiger partial charge in [-0.15, -0.1) is 0 Å². The van der Waals surface area contributed by atoms with Crippen molar-refractivity contribution in [2.75, 3.05) is 19.6 Å². The van der Waals surface area contributed by atoms with Crippen molar-refractivity contribution in [3.05, 3.63) is 29.6 Å². The van der Waals surface area contributed by atoms with Gasteiger partial charge in [0.2, 0.25) is 0 Å². The third-order valence-corrected chi connectivity index (χ3v) is 3.56. The van der Waals surface area contributed by atoms with Crippen molar-refractivity contribution < 1.29 is 13.2 Å². The van der Waals surface area contributed by atoms with E-state index < -0.39 is 11.7 Å². The highest BCUT2D eigenvalue weighted by Crippen LogP contribution is 2.32.